The fourth-order valence-corrected chi connectivity index (χ4v) is 4.25. The number of amidine groups is 2. The molecule has 2 aromatic rings. The van der Waals surface area contributed by atoms with E-state index in [1.807, 2.05) is 49.6 Å². The van der Waals surface area contributed by atoms with Gasteiger partial charge in [0.25, 0.3) is 5.91 Å². The number of amides is 1. The maximum atomic E-state index is 13.0. The van der Waals surface area contributed by atoms with Crippen molar-refractivity contribution in [3.8, 4) is 5.69 Å². The van der Waals surface area contributed by atoms with Gasteiger partial charge in [0.1, 0.15) is 0 Å². The zero-order valence-electron chi connectivity index (χ0n) is 16.5. The van der Waals surface area contributed by atoms with E-state index in [1.54, 1.807) is 0 Å². The van der Waals surface area contributed by atoms with Crippen LogP contribution in [0.4, 0.5) is 13.2 Å². The van der Waals surface area contributed by atoms with Crippen molar-refractivity contribution in [3.63, 3.8) is 0 Å². The number of aryl methyl sites for hydroxylation is 2. The van der Waals surface area contributed by atoms with Crippen molar-refractivity contribution in [2.45, 2.75) is 26.9 Å². The Balaban J connectivity index is 1.75. The molecule has 2 aliphatic rings. The van der Waals surface area contributed by atoms with Crippen LogP contribution in [0, 0.1) is 26.2 Å². The average molecular weight is 466 g/mol. The maximum Gasteiger partial charge on any atom is 0.441 e. The molecule has 0 fully saturated rings. The molecular weight excluding hydrogens is 451 g/mol. The van der Waals surface area contributed by atoms with Gasteiger partial charge in [-0.1, -0.05) is 17.7 Å². The second-order valence-corrected chi connectivity index (χ2v) is 8.38. The lowest BCUT2D eigenvalue weighted by Crippen LogP contribution is -2.35. The van der Waals surface area contributed by atoms with Crippen molar-refractivity contribution in [1.29, 1.82) is 5.41 Å². The van der Waals surface area contributed by atoms with Gasteiger partial charge in [0.05, 0.1) is 5.57 Å². The topological polar surface area (TPSA) is 73.8 Å². The number of nitrogens with one attached hydrogen (secondary N) is 1. The molecule has 0 saturated heterocycles. The first-order valence-corrected chi connectivity index (χ1v) is 10.2. The summed E-state index contributed by atoms with van der Waals surface area (Å²) < 4.78 is 40.8. The lowest BCUT2D eigenvalue weighted by Gasteiger charge is -2.20. The van der Waals surface area contributed by atoms with Crippen LogP contribution in [-0.2, 0) is 4.79 Å². The van der Waals surface area contributed by atoms with Crippen molar-refractivity contribution in [2.24, 2.45) is 10.1 Å². The molecule has 3 heterocycles. The van der Waals surface area contributed by atoms with Gasteiger partial charge in [-0.25, -0.2) is 0 Å². The molecule has 0 radical (unpaired) electrons. The summed E-state index contributed by atoms with van der Waals surface area (Å²) in [6, 6.07) is 7.45. The molecule has 1 amide bonds. The van der Waals surface area contributed by atoms with Crippen molar-refractivity contribution in [1.82, 2.24) is 9.58 Å². The molecule has 0 spiro atoms. The molecule has 0 atom stereocenters. The van der Waals surface area contributed by atoms with E-state index in [0.29, 0.717) is 10.6 Å². The van der Waals surface area contributed by atoms with Crippen molar-refractivity contribution in [2.75, 3.05) is 0 Å². The van der Waals surface area contributed by atoms with Gasteiger partial charge in [0.2, 0.25) is 10.2 Å². The molecular formula is C20H15ClF3N5OS. The zero-order valence-corrected chi connectivity index (χ0v) is 18.1. The number of nitrogens with zero attached hydrogens (tertiary/aromatic N) is 4. The van der Waals surface area contributed by atoms with E-state index >= 15 is 0 Å². The summed E-state index contributed by atoms with van der Waals surface area (Å²) in [7, 11) is 0. The molecule has 6 nitrogen and oxygen atoms in total. The van der Waals surface area contributed by atoms with Crippen LogP contribution in [0.2, 0.25) is 5.02 Å². The Morgan fingerprint density at radius 3 is 2.55 bits per heavy atom. The van der Waals surface area contributed by atoms with E-state index in [9.17, 15) is 18.0 Å². The number of benzene rings is 1. The number of hydrogen-bond acceptors (Lipinski definition) is 4. The largest absolute Gasteiger partial charge is 0.441 e. The lowest BCUT2D eigenvalue weighted by atomic mass is 10.1. The van der Waals surface area contributed by atoms with Crippen LogP contribution in [0.5, 0.6) is 0 Å². The summed E-state index contributed by atoms with van der Waals surface area (Å²) in [5.41, 5.74) is 3.89. The molecule has 2 aliphatic heterocycles. The van der Waals surface area contributed by atoms with Crippen molar-refractivity contribution < 1.29 is 18.0 Å². The van der Waals surface area contributed by atoms with Crippen LogP contribution in [0.3, 0.4) is 0 Å². The molecule has 0 saturated carbocycles. The quantitative estimate of drug-likeness (QED) is 0.616. The van der Waals surface area contributed by atoms with Crippen molar-refractivity contribution >= 4 is 51.4 Å². The number of thioether (sulfide) groups is 1. The number of aromatic nitrogens is 1. The van der Waals surface area contributed by atoms with E-state index in [2.05, 4.69) is 10.1 Å². The fraction of sp³-hybridized carbons (Fsp3) is 0.200. The Bertz CT molecular complexity index is 1240. The van der Waals surface area contributed by atoms with Crippen LogP contribution in [0.15, 0.2) is 39.9 Å². The summed E-state index contributed by atoms with van der Waals surface area (Å²) in [5.74, 6) is -1.24. The number of rotatable bonds is 2. The normalized spacial score (nSPS) is 17.9. The minimum absolute atomic E-state index is 0.140. The second-order valence-electron chi connectivity index (χ2n) is 7.02. The maximum absolute atomic E-state index is 13.0. The minimum Gasteiger partial charge on any atom is -0.318 e. The first kappa shape index (κ1) is 21.4. The Morgan fingerprint density at radius 1 is 1.19 bits per heavy atom. The summed E-state index contributed by atoms with van der Waals surface area (Å²) in [6.45, 7) is 5.62. The number of alkyl halides is 3. The molecule has 1 N–H and O–H groups in total. The summed E-state index contributed by atoms with van der Waals surface area (Å²) in [5, 5.41) is 11.6. The minimum atomic E-state index is -4.68. The van der Waals surface area contributed by atoms with Gasteiger partial charge < -0.3 is 4.57 Å². The van der Waals surface area contributed by atoms with E-state index in [1.165, 1.54) is 6.08 Å². The molecule has 1 aromatic heterocycles. The number of hydrazone groups is 1. The second kappa shape index (κ2) is 7.38. The predicted octanol–water partition coefficient (Wildman–Crippen LogP) is 5.24. The van der Waals surface area contributed by atoms with Gasteiger partial charge in [0, 0.05) is 22.1 Å². The zero-order chi connectivity index (χ0) is 22.7. The molecule has 1 aromatic carbocycles. The Labute approximate surface area is 184 Å². The lowest BCUT2D eigenvalue weighted by molar-refractivity contribution is -0.114. The fourth-order valence-electron chi connectivity index (χ4n) is 3.31. The van der Waals surface area contributed by atoms with Gasteiger partial charge in [-0.05, 0) is 67.9 Å². The highest BCUT2D eigenvalue weighted by Crippen LogP contribution is 2.35. The van der Waals surface area contributed by atoms with Crippen LogP contribution in [0.25, 0.3) is 11.8 Å². The highest BCUT2D eigenvalue weighted by atomic mass is 35.5. The highest BCUT2D eigenvalue weighted by molar-refractivity contribution is 8.27. The Kier molecular flexibility index (Phi) is 5.09. The van der Waals surface area contributed by atoms with Crippen molar-refractivity contribution in [3.05, 3.63) is 57.4 Å². The highest BCUT2D eigenvalue weighted by Gasteiger charge is 2.46. The molecule has 0 unspecified atom stereocenters. The van der Waals surface area contributed by atoms with Gasteiger partial charge >= 0.3 is 6.18 Å². The number of hydrogen-bond donors (Lipinski definition) is 1. The number of fused-ring (bicyclic) bond motifs is 1. The van der Waals surface area contributed by atoms with Crippen LogP contribution in [0.1, 0.15) is 22.5 Å². The third-order valence-corrected chi connectivity index (χ3v) is 6.24. The standard InChI is InChI=1S/C20H15ClF3N5OS/c1-9-4-5-13(8-15(9)21)28-10(2)6-12(11(28)3)7-14-16(25)29-19(26-17(14)30)31-18(27-29)20(22,23)24/h4-8,25H,1-3H3/b14-7+,25-16?. The van der Waals surface area contributed by atoms with E-state index in [-0.39, 0.29) is 22.5 Å². The predicted molar refractivity (Wildman–Crippen MR) is 116 cm³/mol. The number of carbonyl (C=O) groups is 1. The Hall–Kier alpha value is -2.85. The smallest absolute Gasteiger partial charge is 0.318 e. The molecule has 0 aliphatic carbocycles. The van der Waals surface area contributed by atoms with Gasteiger partial charge in [-0.15, -0.1) is 0 Å². The first-order chi connectivity index (χ1) is 14.5. The first-order valence-electron chi connectivity index (χ1n) is 9.00. The SMILES string of the molecule is Cc1ccc(-n2c(C)cc(/C=C3\C(=N)N4N=C(C(F)(F)F)SC4=NC3=O)c2C)cc1Cl. The van der Waals surface area contributed by atoms with Gasteiger partial charge in [-0.3, -0.25) is 10.2 Å². The summed E-state index contributed by atoms with van der Waals surface area (Å²) in [6.07, 6.45) is -3.23. The molecule has 0 bridgehead atoms. The van der Waals surface area contributed by atoms with Crippen LogP contribution >= 0.6 is 23.4 Å². The molecule has 4 rings (SSSR count). The number of halogens is 4. The van der Waals surface area contributed by atoms with E-state index in [4.69, 9.17) is 17.0 Å². The summed E-state index contributed by atoms with van der Waals surface area (Å²) >= 11 is 6.47. The van der Waals surface area contributed by atoms with Gasteiger partial charge in [0.15, 0.2) is 5.84 Å². The summed E-state index contributed by atoms with van der Waals surface area (Å²) in [4.78, 5) is 16.2. The Morgan fingerprint density at radius 2 is 1.90 bits per heavy atom. The van der Waals surface area contributed by atoms with Crippen LogP contribution < -0.4 is 0 Å². The molecule has 11 heteroatoms. The number of aliphatic imine (C=N–C) groups is 1. The van der Waals surface area contributed by atoms with E-state index in [0.717, 1.165) is 27.6 Å². The monoisotopic (exact) mass is 465 g/mol. The molecule has 31 heavy (non-hydrogen) atoms. The third kappa shape index (κ3) is 3.70. The average Bonchev–Trinajstić information content (AvgIpc) is 3.22. The number of carbonyl (C=O) groups excluding carboxylic acids is 1. The van der Waals surface area contributed by atoms with Gasteiger partial charge in [-0.2, -0.15) is 28.3 Å². The third-order valence-electron chi connectivity index (χ3n) is 4.88. The van der Waals surface area contributed by atoms with Crippen LogP contribution in [-0.4, -0.2) is 37.7 Å². The molecule has 160 valence electrons. The van der Waals surface area contributed by atoms with E-state index < -0.39 is 23.0 Å².